The van der Waals surface area contributed by atoms with E-state index >= 15 is 0 Å². The quantitative estimate of drug-likeness (QED) is 0.815. The topological polar surface area (TPSA) is 20.3 Å². The van der Waals surface area contributed by atoms with Gasteiger partial charge in [0.25, 0.3) is 0 Å². The molecule has 0 N–H and O–H groups in total. The van der Waals surface area contributed by atoms with Gasteiger partial charge in [0.05, 0.1) is 6.04 Å². The van der Waals surface area contributed by atoms with Crippen molar-refractivity contribution in [1.29, 1.82) is 0 Å². The van der Waals surface area contributed by atoms with Gasteiger partial charge in [0.1, 0.15) is 0 Å². The van der Waals surface area contributed by atoms with Crippen LogP contribution in [0.4, 0.5) is 8.78 Å². The number of hydrogen-bond acceptors (Lipinski definition) is 1. The van der Waals surface area contributed by atoms with Gasteiger partial charge < -0.3 is 4.90 Å². The molecular formula is C16H21F2NO. The average Bonchev–Trinajstić information content (AvgIpc) is 2.93. The van der Waals surface area contributed by atoms with Gasteiger partial charge in [-0.1, -0.05) is 18.9 Å². The van der Waals surface area contributed by atoms with E-state index in [4.69, 9.17) is 0 Å². The van der Waals surface area contributed by atoms with Gasteiger partial charge in [-0.15, -0.1) is 0 Å². The Kier molecular flexibility index (Phi) is 4.73. The summed E-state index contributed by atoms with van der Waals surface area (Å²) in [5.74, 6) is -1.16. The molecule has 0 saturated heterocycles. The summed E-state index contributed by atoms with van der Waals surface area (Å²) in [7, 11) is 1.73. The fourth-order valence-corrected chi connectivity index (χ4v) is 2.82. The third kappa shape index (κ3) is 3.35. The Hall–Kier alpha value is -1.45. The first-order chi connectivity index (χ1) is 9.49. The summed E-state index contributed by atoms with van der Waals surface area (Å²) in [6, 6.07) is 3.55. The lowest BCUT2D eigenvalue weighted by molar-refractivity contribution is -0.132. The molecule has 0 heterocycles. The van der Waals surface area contributed by atoms with Crippen LogP contribution in [0.1, 0.15) is 50.6 Å². The standard InChI is InChI=1S/C16H21F2NO/c1-11(13-7-8-14(17)15(18)10-13)19(2)16(20)9-12-5-3-4-6-12/h7-8,10-12H,3-6,9H2,1-2H3. The molecule has 0 radical (unpaired) electrons. The highest BCUT2D eigenvalue weighted by Gasteiger charge is 2.23. The smallest absolute Gasteiger partial charge is 0.223 e. The summed E-state index contributed by atoms with van der Waals surface area (Å²) in [5.41, 5.74) is 0.617. The van der Waals surface area contributed by atoms with Gasteiger partial charge >= 0.3 is 0 Å². The van der Waals surface area contributed by atoms with Crippen molar-refractivity contribution >= 4 is 5.91 Å². The van der Waals surface area contributed by atoms with Crippen LogP contribution in [-0.4, -0.2) is 17.9 Å². The van der Waals surface area contributed by atoms with E-state index in [0.717, 1.165) is 18.9 Å². The third-order valence-electron chi connectivity index (χ3n) is 4.34. The van der Waals surface area contributed by atoms with E-state index in [0.29, 0.717) is 17.9 Å². The molecule has 0 spiro atoms. The molecular weight excluding hydrogens is 260 g/mol. The first kappa shape index (κ1) is 14.9. The summed E-state index contributed by atoms with van der Waals surface area (Å²) in [4.78, 5) is 13.9. The Morgan fingerprint density at radius 3 is 2.55 bits per heavy atom. The lowest BCUT2D eigenvalue weighted by Gasteiger charge is -2.26. The maximum atomic E-state index is 13.3. The lowest BCUT2D eigenvalue weighted by atomic mass is 10.0. The fourth-order valence-electron chi connectivity index (χ4n) is 2.82. The zero-order chi connectivity index (χ0) is 14.7. The summed E-state index contributed by atoms with van der Waals surface area (Å²) >= 11 is 0. The van der Waals surface area contributed by atoms with Crippen LogP contribution in [0.15, 0.2) is 18.2 Å². The predicted molar refractivity (Wildman–Crippen MR) is 74.1 cm³/mol. The van der Waals surface area contributed by atoms with Crippen molar-refractivity contribution in [2.75, 3.05) is 7.05 Å². The molecule has 1 aromatic rings. The zero-order valence-electron chi connectivity index (χ0n) is 12.0. The van der Waals surface area contributed by atoms with Crippen LogP contribution in [0.2, 0.25) is 0 Å². The van der Waals surface area contributed by atoms with Crippen LogP contribution < -0.4 is 0 Å². The first-order valence-corrected chi connectivity index (χ1v) is 7.19. The average molecular weight is 281 g/mol. The van der Waals surface area contributed by atoms with E-state index in [9.17, 15) is 13.6 Å². The van der Waals surface area contributed by atoms with Crippen molar-refractivity contribution in [3.63, 3.8) is 0 Å². The van der Waals surface area contributed by atoms with E-state index in [1.54, 1.807) is 11.9 Å². The molecule has 110 valence electrons. The van der Waals surface area contributed by atoms with Crippen LogP contribution in [-0.2, 0) is 4.79 Å². The maximum absolute atomic E-state index is 13.3. The van der Waals surface area contributed by atoms with Crippen LogP contribution >= 0.6 is 0 Å². The molecule has 0 aromatic heterocycles. The number of amides is 1. The number of halogens is 2. The normalized spacial score (nSPS) is 17.2. The summed E-state index contributed by atoms with van der Waals surface area (Å²) in [5, 5.41) is 0. The van der Waals surface area contributed by atoms with Gasteiger partial charge in [-0.25, -0.2) is 8.78 Å². The maximum Gasteiger partial charge on any atom is 0.223 e. The molecule has 1 fully saturated rings. The van der Waals surface area contributed by atoms with Gasteiger partial charge in [-0.05, 0) is 43.4 Å². The Bertz CT molecular complexity index is 483. The van der Waals surface area contributed by atoms with Crippen molar-refractivity contribution in [2.45, 2.75) is 45.1 Å². The SMILES string of the molecule is CC(c1ccc(F)c(F)c1)N(C)C(=O)CC1CCCC1. The Morgan fingerprint density at radius 1 is 1.30 bits per heavy atom. The molecule has 4 heteroatoms. The van der Waals surface area contributed by atoms with E-state index in [1.807, 2.05) is 6.92 Å². The molecule has 1 unspecified atom stereocenters. The molecule has 20 heavy (non-hydrogen) atoms. The number of rotatable bonds is 4. The van der Waals surface area contributed by atoms with Crippen molar-refractivity contribution in [3.05, 3.63) is 35.4 Å². The lowest BCUT2D eigenvalue weighted by Crippen LogP contribution is -2.30. The Morgan fingerprint density at radius 2 is 1.95 bits per heavy atom. The van der Waals surface area contributed by atoms with Crippen LogP contribution in [0, 0.1) is 17.6 Å². The van der Waals surface area contributed by atoms with Gasteiger partial charge in [-0.2, -0.15) is 0 Å². The van der Waals surface area contributed by atoms with E-state index < -0.39 is 11.6 Å². The summed E-state index contributed by atoms with van der Waals surface area (Å²) in [6.45, 7) is 1.83. The fraction of sp³-hybridized carbons (Fsp3) is 0.562. The first-order valence-electron chi connectivity index (χ1n) is 7.19. The van der Waals surface area contributed by atoms with Crippen molar-refractivity contribution in [3.8, 4) is 0 Å². The van der Waals surface area contributed by atoms with E-state index in [-0.39, 0.29) is 11.9 Å². The minimum Gasteiger partial charge on any atom is -0.339 e. The van der Waals surface area contributed by atoms with Crippen LogP contribution in [0.3, 0.4) is 0 Å². The number of carbonyl (C=O) groups is 1. The molecule has 1 amide bonds. The molecule has 1 saturated carbocycles. The van der Waals surface area contributed by atoms with Crippen molar-refractivity contribution in [1.82, 2.24) is 4.90 Å². The number of hydrogen-bond donors (Lipinski definition) is 0. The number of benzene rings is 1. The van der Waals surface area contributed by atoms with E-state index in [2.05, 4.69) is 0 Å². The summed E-state index contributed by atoms with van der Waals surface area (Å²) in [6.07, 6.45) is 5.23. The third-order valence-corrected chi connectivity index (χ3v) is 4.34. The van der Waals surface area contributed by atoms with Crippen molar-refractivity contribution < 1.29 is 13.6 Å². The second-order valence-corrected chi connectivity index (χ2v) is 5.71. The number of carbonyl (C=O) groups excluding carboxylic acids is 1. The highest BCUT2D eigenvalue weighted by Crippen LogP contribution is 2.29. The Balaban J connectivity index is 2.01. The molecule has 1 aliphatic carbocycles. The van der Waals surface area contributed by atoms with Gasteiger partial charge in [-0.3, -0.25) is 4.79 Å². The molecule has 1 atom stereocenters. The number of nitrogens with zero attached hydrogens (tertiary/aromatic N) is 1. The highest BCUT2D eigenvalue weighted by molar-refractivity contribution is 5.76. The molecule has 1 aliphatic rings. The monoisotopic (exact) mass is 281 g/mol. The Labute approximate surface area is 118 Å². The molecule has 1 aromatic carbocycles. The van der Waals surface area contributed by atoms with Crippen molar-refractivity contribution in [2.24, 2.45) is 5.92 Å². The molecule has 2 nitrogen and oxygen atoms in total. The van der Waals surface area contributed by atoms with E-state index in [1.165, 1.54) is 25.0 Å². The van der Waals surface area contributed by atoms with Gasteiger partial charge in [0, 0.05) is 13.5 Å². The van der Waals surface area contributed by atoms with Crippen LogP contribution in [0.5, 0.6) is 0 Å². The molecule has 0 bridgehead atoms. The second kappa shape index (κ2) is 6.33. The predicted octanol–water partition coefficient (Wildman–Crippen LogP) is 4.06. The zero-order valence-corrected chi connectivity index (χ0v) is 12.0. The second-order valence-electron chi connectivity index (χ2n) is 5.71. The minimum atomic E-state index is -0.869. The van der Waals surface area contributed by atoms with Gasteiger partial charge in [0.15, 0.2) is 11.6 Å². The van der Waals surface area contributed by atoms with Gasteiger partial charge in [0.2, 0.25) is 5.91 Å². The van der Waals surface area contributed by atoms with Crippen LogP contribution in [0.25, 0.3) is 0 Å². The molecule has 2 rings (SSSR count). The minimum absolute atomic E-state index is 0.0779. The summed E-state index contributed by atoms with van der Waals surface area (Å²) < 4.78 is 26.2. The largest absolute Gasteiger partial charge is 0.339 e. The molecule has 0 aliphatic heterocycles. The highest BCUT2D eigenvalue weighted by atomic mass is 19.2.